The summed E-state index contributed by atoms with van der Waals surface area (Å²) in [5.74, 6) is 2.15. The lowest BCUT2D eigenvalue weighted by molar-refractivity contribution is -0.135. The highest BCUT2D eigenvalue weighted by Crippen LogP contribution is 2.50. The maximum absolute atomic E-state index is 13.3. The van der Waals surface area contributed by atoms with Gasteiger partial charge >= 0.3 is 0 Å². The van der Waals surface area contributed by atoms with Crippen molar-refractivity contribution in [3.05, 3.63) is 64.9 Å². The summed E-state index contributed by atoms with van der Waals surface area (Å²) in [6.45, 7) is 3.57. The molecule has 3 aromatic rings. The molecule has 0 atom stereocenters. The highest BCUT2D eigenvalue weighted by Gasteiger charge is 2.53. The predicted molar refractivity (Wildman–Crippen MR) is 121 cm³/mol. The van der Waals surface area contributed by atoms with Crippen molar-refractivity contribution in [2.24, 2.45) is 0 Å². The number of methoxy groups -OCH3 is 1. The average Bonchev–Trinajstić information content (AvgIpc) is 3.51. The Morgan fingerprint density at radius 3 is 2.53 bits per heavy atom. The number of ether oxygens (including phenoxy) is 1. The van der Waals surface area contributed by atoms with Crippen LogP contribution in [-0.2, 0) is 16.8 Å². The standard InChI is InChI=1S/C24H25ClN4O3/c1-31-20-7-5-18(6-8-20)24(9-10-24)23(30)29-13-11-28(12-14-29)16-21-26-22(32-27-21)17-3-2-4-19(25)15-17/h2-8,15H,9-14,16H2,1H3. The monoisotopic (exact) mass is 452 g/mol. The lowest BCUT2D eigenvalue weighted by Gasteiger charge is -2.36. The molecule has 1 saturated carbocycles. The number of hydrogen-bond acceptors (Lipinski definition) is 6. The van der Waals surface area contributed by atoms with E-state index in [-0.39, 0.29) is 11.3 Å². The Morgan fingerprint density at radius 2 is 1.88 bits per heavy atom. The van der Waals surface area contributed by atoms with Crippen LogP contribution in [0.3, 0.4) is 0 Å². The molecule has 0 N–H and O–H groups in total. The average molecular weight is 453 g/mol. The zero-order chi connectivity index (χ0) is 22.1. The van der Waals surface area contributed by atoms with Gasteiger partial charge in [0.1, 0.15) is 5.75 Å². The molecule has 1 aliphatic carbocycles. The van der Waals surface area contributed by atoms with Gasteiger partial charge in [0.05, 0.1) is 19.1 Å². The first kappa shape index (κ1) is 21.0. The topological polar surface area (TPSA) is 71.7 Å². The normalized spacial score (nSPS) is 17.9. The Hall–Kier alpha value is -2.90. The summed E-state index contributed by atoms with van der Waals surface area (Å²) in [6.07, 6.45) is 1.82. The third-order valence-corrected chi connectivity index (χ3v) is 6.60. The Labute approximate surface area is 191 Å². The SMILES string of the molecule is COc1ccc(C2(C(=O)N3CCN(Cc4noc(-c5cccc(Cl)c5)n4)CC3)CC2)cc1. The Balaban J connectivity index is 1.18. The van der Waals surface area contributed by atoms with Crippen LogP contribution in [0.15, 0.2) is 53.1 Å². The van der Waals surface area contributed by atoms with E-state index in [0.717, 1.165) is 42.8 Å². The quantitative estimate of drug-likeness (QED) is 0.567. The van der Waals surface area contributed by atoms with Crippen molar-refractivity contribution >= 4 is 17.5 Å². The van der Waals surface area contributed by atoms with E-state index < -0.39 is 0 Å². The maximum atomic E-state index is 13.3. The van der Waals surface area contributed by atoms with E-state index in [4.69, 9.17) is 20.9 Å². The minimum absolute atomic E-state index is 0.241. The molecule has 2 aromatic carbocycles. The summed E-state index contributed by atoms with van der Waals surface area (Å²) in [7, 11) is 1.65. The molecule has 1 aromatic heterocycles. The van der Waals surface area contributed by atoms with Gasteiger partial charge in [0.15, 0.2) is 5.82 Å². The van der Waals surface area contributed by atoms with Crippen molar-refractivity contribution in [2.45, 2.75) is 24.8 Å². The van der Waals surface area contributed by atoms with Crippen molar-refractivity contribution in [1.29, 1.82) is 0 Å². The van der Waals surface area contributed by atoms with Gasteiger partial charge < -0.3 is 14.2 Å². The Bertz CT molecular complexity index is 1100. The number of carbonyl (C=O) groups is 1. The maximum Gasteiger partial charge on any atom is 0.258 e. The van der Waals surface area contributed by atoms with Gasteiger partial charge in [-0.25, -0.2) is 0 Å². The molecule has 0 radical (unpaired) electrons. The van der Waals surface area contributed by atoms with Gasteiger partial charge in [0, 0.05) is 36.8 Å². The van der Waals surface area contributed by atoms with E-state index in [2.05, 4.69) is 15.0 Å². The smallest absolute Gasteiger partial charge is 0.258 e. The summed E-state index contributed by atoms with van der Waals surface area (Å²) in [5, 5.41) is 4.74. The van der Waals surface area contributed by atoms with Crippen molar-refractivity contribution in [2.75, 3.05) is 33.3 Å². The molecule has 1 saturated heterocycles. The van der Waals surface area contributed by atoms with Gasteiger partial charge in [-0.2, -0.15) is 4.98 Å². The molecule has 1 amide bonds. The van der Waals surface area contributed by atoms with Crippen LogP contribution in [0.2, 0.25) is 5.02 Å². The fraction of sp³-hybridized carbons (Fsp3) is 0.375. The van der Waals surface area contributed by atoms with E-state index in [1.165, 1.54) is 0 Å². The van der Waals surface area contributed by atoms with Gasteiger partial charge in [-0.1, -0.05) is 35.0 Å². The van der Waals surface area contributed by atoms with E-state index in [1.807, 2.05) is 47.4 Å². The van der Waals surface area contributed by atoms with E-state index in [0.29, 0.717) is 36.4 Å². The Morgan fingerprint density at radius 1 is 1.12 bits per heavy atom. The molecular formula is C24H25ClN4O3. The van der Waals surface area contributed by atoms with Crippen molar-refractivity contribution in [3.63, 3.8) is 0 Å². The second-order valence-electron chi connectivity index (χ2n) is 8.41. The summed E-state index contributed by atoms with van der Waals surface area (Å²) in [6, 6.07) is 15.3. The third-order valence-electron chi connectivity index (χ3n) is 6.37. The highest BCUT2D eigenvalue weighted by molar-refractivity contribution is 6.30. The number of carbonyl (C=O) groups excluding carboxylic acids is 1. The molecule has 2 aliphatic rings. The number of amides is 1. The van der Waals surface area contributed by atoms with Crippen LogP contribution in [0.4, 0.5) is 0 Å². The van der Waals surface area contributed by atoms with Crippen molar-refractivity contribution in [1.82, 2.24) is 19.9 Å². The minimum atomic E-state index is -0.353. The first-order valence-electron chi connectivity index (χ1n) is 10.8. The summed E-state index contributed by atoms with van der Waals surface area (Å²) >= 11 is 6.05. The van der Waals surface area contributed by atoms with E-state index in [9.17, 15) is 4.79 Å². The largest absolute Gasteiger partial charge is 0.497 e. The minimum Gasteiger partial charge on any atom is -0.497 e. The molecule has 0 unspecified atom stereocenters. The molecule has 7 nitrogen and oxygen atoms in total. The van der Waals surface area contributed by atoms with Crippen LogP contribution < -0.4 is 4.74 Å². The lowest BCUT2D eigenvalue weighted by Crippen LogP contribution is -2.51. The lowest BCUT2D eigenvalue weighted by atomic mass is 9.94. The number of rotatable bonds is 6. The van der Waals surface area contributed by atoms with Gasteiger partial charge in [-0.3, -0.25) is 9.69 Å². The zero-order valence-electron chi connectivity index (χ0n) is 18.0. The predicted octanol–water partition coefficient (Wildman–Crippen LogP) is 3.77. The molecule has 0 bridgehead atoms. The molecular weight excluding hydrogens is 428 g/mol. The number of aromatic nitrogens is 2. The first-order chi connectivity index (χ1) is 15.6. The Kier molecular flexibility index (Phi) is 5.61. The summed E-state index contributed by atoms with van der Waals surface area (Å²) in [4.78, 5) is 22.1. The number of nitrogens with zero attached hydrogens (tertiary/aromatic N) is 4. The van der Waals surface area contributed by atoms with Crippen LogP contribution >= 0.6 is 11.6 Å². The molecule has 2 fully saturated rings. The van der Waals surface area contributed by atoms with Gasteiger partial charge in [-0.05, 0) is 48.7 Å². The fourth-order valence-corrected chi connectivity index (χ4v) is 4.52. The van der Waals surface area contributed by atoms with Crippen molar-refractivity contribution < 1.29 is 14.1 Å². The fourth-order valence-electron chi connectivity index (χ4n) is 4.33. The van der Waals surface area contributed by atoms with Crippen LogP contribution in [0.25, 0.3) is 11.5 Å². The van der Waals surface area contributed by atoms with Crippen LogP contribution in [-0.4, -0.2) is 59.1 Å². The number of piperazine rings is 1. The second kappa shape index (κ2) is 8.56. The molecule has 5 rings (SSSR count). The van der Waals surface area contributed by atoms with Gasteiger partial charge in [0.25, 0.3) is 5.89 Å². The van der Waals surface area contributed by atoms with Crippen molar-refractivity contribution in [3.8, 4) is 17.2 Å². The number of halogens is 1. The summed E-state index contributed by atoms with van der Waals surface area (Å²) in [5.41, 5.74) is 1.54. The van der Waals surface area contributed by atoms with E-state index >= 15 is 0 Å². The molecule has 166 valence electrons. The molecule has 0 spiro atoms. The third kappa shape index (κ3) is 4.10. The number of hydrogen-bond donors (Lipinski definition) is 0. The van der Waals surface area contributed by atoms with Crippen LogP contribution in [0, 0.1) is 0 Å². The highest BCUT2D eigenvalue weighted by atomic mass is 35.5. The molecule has 8 heteroatoms. The van der Waals surface area contributed by atoms with Gasteiger partial charge in [0.2, 0.25) is 5.91 Å². The molecule has 32 heavy (non-hydrogen) atoms. The van der Waals surface area contributed by atoms with Gasteiger partial charge in [-0.15, -0.1) is 0 Å². The molecule has 2 heterocycles. The van der Waals surface area contributed by atoms with E-state index in [1.54, 1.807) is 13.2 Å². The zero-order valence-corrected chi connectivity index (χ0v) is 18.7. The summed E-state index contributed by atoms with van der Waals surface area (Å²) < 4.78 is 10.7. The first-order valence-corrected chi connectivity index (χ1v) is 11.2. The van der Waals surface area contributed by atoms with Crippen LogP contribution in [0.1, 0.15) is 24.2 Å². The van der Waals surface area contributed by atoms with Crippen LogP contribution in [0.5, 0.6) is 5.75 Å². The number of benzene rings is 2. The second-order valence-corrected chi connectivity index (χ2v) is 8.84. The molecule has 1 aliphatic heterocycles.